The molecule has 2 aromatic rings. The first-order valence-corrected chi connectivity index (χ1v) is 12.3. The van der Waals surface area contributed by atoms with Gasteiger partial charge in [-0.05, 0) is 42.1 Å². The quantitative estimate of drug-likeness (QED) is 0.675. The Kier molecular flexibility index (Phi) is 4.87. The fourth-order valence-corrected chi connectivity index (χ4v) is 6.15. The van der Waals surface area contributed by atoms with E-state index in [9.17, 15) is 13.2 Å². The molecule has 30 heavy (non-hydrogen) atoms. The lowest BCUT2D eigenvalue weighted by atomic mass is 10.1. The van der Waals surface area contributed by atoms with E-state index in [1.165, 1.54) is 11.8 Å². The van der Waals surface area contributed by atoms with E-state index in [1.807, 2.05) is 34.1 Å². The van der Waals surface area contributed by atoms with E-state index in [0.29, 0.717) is 48.5 Å². The summed E-state index contributed by atoms with van der Waals surface area (Å²) in [4.78, 5) is 24.1. The van der Waals surface area contributed by atoms with Gasteiger partial charge in [0.05, 0.1) is 16.5 Å². The van der Waals surface area contributed by atoms with Gasteiger partial charge in [-0.2, -0.15) is 0 Å². The lowest BCUT2D eigenvalue weighted by Gasteiger charge is -2.35. The van der Waals surface area contributed by atoms with Gasteiger partial charge >= 0.3 is 0 Å². The van der Waals surface area contributed by atoms with Crippen molar-refractivity contribution in [2.45, 2.75) is 4.90 Å². The number of fused-ring (bicyclic) bond motifs is 3. The van der Waals surface area contributed by atoms with Crippen LogP contribution in [0, 0.1) is 0 Å². The Hall–Kier alpha value is -2.30. The molecule has 0 bridgehead atoms. The number of benzene rings is 1. The maximum atomic E-state index is 13.0. The molecular formula is C19H18ClN5O3S2. The zero-order chi connectivity index (χ0) is 20.9. The van der Waals surface area contributed by atoms with Crippen molar-refractivity contribution in [3.8, 4) is 0 Å². The Morgan fingerprint density at radius 3 is 2.60 bits per heavy atom. The third kappa shape index (κ3) is 3.63. The van der Waals surface area contributed by atoms with Crippen molar-refractivity contribution in [1.82, 2.24) is 9.88 Å². The Labute approximate surface area is 183 Å². The van der Waals surface area contributed by atoms with Crippen molar-refractivity contribution in [2.24, 2.45) is 4.40 Å². The van der Waals surface area contributed by atoms with Gasteiger partial charge in [-0.15, -0.1) is 4.40 Å². The lowest BCUT2D eigenvalue weighted by molar-refractivity contribution is 0.0746. The number of thioether (sulfide) groups is 1. The normalized spacial score (nSPS) is 19.9. The van der Waals surface area contributed by atoms with Crippen LogP contribution < -0.4 is 9.80 Å². The van der Waals surface area contributed by atoms with Crippen LogP contribution in [0.25, 0.3) is 0 Å². The van der Waals surface area contributed by atoms with Gasteiger partial charge in [0.15, 0.2) is 5.17 Å². The molecule has 3 aliphatic heterocycles. The number of nitrogens with zero attached hydrogens (tertiary/aromatic N) is 5. The highest BCUT2D eigenvalue weighted by Gasteiger charge is 2.34. The number of piperazine rings is 1. The van der Waals surface area contributed by atoms with Gasteiger partial charge in [0.1, 0.15) is 5.82 Å². The zero-order valence-electron chi connectivity index (χ0n) is 15.9. The Morgan fingerprint density at radius 1 is 1.07 bits per heavy atom. The summed E-state index contributed by atoms with van der Waals surface area (Å²) in [6.45, 7) is 2.98. The van der Waals surface area contributed by atoms with Gasteiger partial charge < -0.3 is 14.7 Å². The largest absolute Gasteiger partial charge is 0.353 e. The number of amides is 1. The first-order valence-electron chi connectivity index (χ1n) is 9.47. The second-order valence-electron chi connectivity index (χ2n) is 7.21. The topological polar surface area (TPSA) is 86.2 Å². The summed E-state index contributed by atoms with van der Waals surface area (Å²) in [5.74, 6) is 0.832. The summed E-state index contributed by atoms with van der Waals surface area (Å²) in [6.07, 6.45) is 1.62. The molecule has 1 aromatic carbocycles. The number of sulfonamides is 1. The lowest BCUT2D eigenvalue weighted by Crippen LogP contribution is -2.49. The minimum absolute atomic E-state index is 0.00391. The number of rotatable bonds is 2. The van der Waals surface area contributed by atoms with E-state index in [2.05, 4.69) is 14.3 Å². The standard InChI is InChI=1S/C19H18ClN5O3S2/c20-14-2-4-17(21-12-14)23-5-7-24(8-6-23)18(26)13-1-3-15-16(11-13)29-19-22-30(27,28)10-9-25(15)19/h1-4,11-12H,5-10H2. The van der Waals surface area contributed by atoms with Crippen LogP contribution in [0.5, 0.6) is 0 Å². The molecule has 4 heterocycles. The molecule has 0 radical (unpaired) electrons. The predicted octanol–water partition coefficient (Wildman–Crippen LogP) is 2.31. The first-order chi connectivity index (χ1) is 14.4. The molecule has 8 nitrogen and oxygen atoms in total. The summed E-state index contributed by atoms with van der Waals surface area (Å²) in [5, 5.41) is 1.06. The second kappa shape index (κ2) is 7.44. The van der Waals surface area contributed by atoms with Crippen LogP contribution >= 0.6 is 23.4 Å². The third-order valence-electron chi connectivity index (χ3n) is 5.32. The maximum absolute atomic E-state index is 13.0. The summed E-state index contributed by atoms with van der Waals surface area (Å²) in [6, 6.07) is 9.22. The smallest absolute Gasteiger partial charge is 0.257 e. The number of hydrogen-bond donors (Lipinski definition) is 0. The van der Waals surface area contributed by atoms with Crippen LogP contribution in [0.15, 0.2) is 45.8 Å². The number of pyridine rings is 1. The van der Waals surface area contributed by atoms with Crippen LogP contribution in [0.3, 0.4) is 0 Å². The number of amidine groups is 1. The van der Waals surface area contributed by atoms with E-state index in [0.717, 1.165) is 16.4 Å². The van der Waals surface area contributed by atoms with Crippen molar-refractivity contribution < 1.29 is 13.2 Å². The Morgan fingerprint density at radius 2 is 1.87 bits per heavy atom. The number of aromatic nitrogens is 1. The molecule has 1 amide bonds. The number of hydrogen-bond acceptors (Lipinski definition) is 7. The minimum atomic E-state index is -3.40. The number of carbonyl (C=O) groups is 1. The van der Waals surface area contributed by atoms with Crippen LogP contribution in [0.4, 0.5) is 11.5 Å². The van der Waals surface area contributed by atoms with Crippen molar-refractivity contribution >= 4 is 56.0 Å². The molecule has 5 rings (SSSR count). The van der Waals surface area contributed by atoms with E-state index < -0.39 is 10.0 Å². The zero-order valence-corrected chi connectivity index (χ0v) is 18.3. The molecular weight excluding hydrogens is 446 g/mol. The SMILES string of the molecule is O=C(c1ccc2c(c1)SC1=NS(=O)(=O)CCN12)N1CCN(c2ccc(Cl)cn2)CC1. The summed E-state index contributed by atoms with van der Waals surface area (Å²) in [5.41, 5.74) is 1.51. The van der Waals surface area contributed by atoms with Crippen LogP contribution in [0.1, 0.15) is 10.4 Å². The highest BCUT2D eigenvalue weighted by molar-refractivity contribution is 8.15. The molecule has 0 N–H and O–H groups in total. The molecule has 1 fully saturated rings. The predicted molar refractivity (Wildman–Crippen MR) is 118 cm³/mol. The first kappa shape index (κ1) is 19.7. The highest BCUT2D eigenvalue weighted by atomic mass is 35.5. The molecule has 0 aliphatic carbocycles. The number of anilines is 2. The van der Waals surface area contributed by atoms with Gasteiger partial charge in [0.25, 0.3) is 15.9 Å². The molecule has 11 heteroatoms. The number of carbonyl (C=O) groups excluding carboxylic acids is 1. The highest BCUT2D eigenvalue weighted by Crippen LogP contribution is 2.42. The van der Waals surface area contributed by atoms with Crippen LogP contribution in [-0.4, -0.2) is 67.9 Å². The van der Waals surface area contributed by atoms with Crippen molar-refractivity contribution in [3.05, 3.63) is 47.1 Å². The van der Waals surface area contributed by atoms with Gasteiger partial charge in [0, 0.05) is 49.4 Å². The van der Waals surface area contributed by atoms with Crippen molar-refractivity contribution in [1.29, 1.82) is 0 Å². The molecule has 3 aliphatic rings. The average Bonchev–Trinajstić information content (AvgIpc) is 3.09. The summed E-state index contributed by atoms with van der Waals surface area (Å²) in [7, 11) is -3.40. The fraction of sp³-hybridized carbons (Fsp3) is 0.316. The summed E-state index contributed by atoms with van der Waals surface area (Å²) >= 11 is 7.20. The van der Waals surface area contributed by atoms with Gasteiger partial charge in [-0.25, -0.2) is 13.4 Å². The van der Waals surface area contributed by atoms with Crippen molar-refractivity contribution in [3.63, 3.8) is 0 Å². The Bertz CT molecular complexity index is 1150. The minimum Gasteiger partial charge on any atom is -0.353 e. The monoisotopic (exact) mass is 463 g/mol. The molecule has 156 valence electrons. The Balaban J connectivity index is 1.29. The van der Waals surface area contributed by atoms with Gasteiger partial charge in [0.2, 0.25) is 0 Å². The average molecular weight is 464 g/mol. The summed E-state index contributed by atoms with van der Waals surface area (Å²) < 4.78 is 27.4. The van der Waals surface area contributed by atoms with E-state index in [-0.39, 0.29) is 11.7 Å². The molecule has 1 aromatic heterocycles. The fourth-order valence-electron chi connectivity index (χ4n) is 3.74. The van der Waals surface area contributed by atoms with Crippen LogP contribution in [-0.2, 0) is 10.0 Å². The molecule has 0 atom stereocenters. The van der Waals surface area contributed by atoms with Gasteiger partial charge in [-0.1, -0.05) is 11.6 Å². The maximum Gasteiger partial charge on any atom is 0.257 e. The molecule has 0 spiro atoms. The second-order valence-corrected chi connectivity index (χ2v) is 10.4. The van der Waals surface area contributed by atoms with E-state index in [4.69, 9.17) is 11.6 Å². The van der Waals surface area contributed by atoms with E-state index >= 15 is 0 Å². The van der Waals surface area contributed by atoms with E-state index in [1.54, 1.807) is 12.3 Å². The third-order valence-corrected chi connectivity index (χ3v) is 7.85. The molecule has 0 saturated carbocycles. The van der Waals surface area contributed by atoms with Crippen LogP contribution in [0.2, 0.25) is 5.02 Å². The van der Waals surface area contributed by atoms with Crippen molar-refractivity contribution in [2.75, 3.05) is 48.3 Å². The molecule has 1 saturated heterocycles. The number of halogens is 1. The van der Waals surface area contributed by atoms with Gasteiger partial charge in [-0.3, -0.25) is 4.79 Å². The molecule has 0 unspecified atom stereocenters.